The number of hydrogen-bond donors (Lipinski definition) is 2. The minimum Gasteiger partial charge on any atom is -0.480 e. The molecule has 0 radical (unpaired) electrons. The topological polar surface area (TPSA) is 129 Å². The molecule has 0 amide bonds. The average molecular weight is 468 g/mol. The predicted molar refractivity (Wildman–Crippen MR) is 121 cm³/mol. The Morgan fingerprint density at radius 2 is 2.29 bits per heavy atom. The molecule has 3 N–H and O–H groups in total. The molecule has 0 saturated carbocycles. The van der Waals surface area contributed by atoms with Crippen LogP contribution < -0.4 is 16.0 Å². The largest absolute Gasteiger partial charge is 0.480 e. The van der Waals surface area contributed by atoms with Crippen LogP contribution in [0.25, 0.3) is 6.08 Å². The first-order valence-corrected chi connectivity index (χ1v) is 11.8. The smallest absolute Gasteiger partial charge is 0.259 e. The van der Waals surface area contributed by atoms with E-state index in [-0.39, 0.29) is 41.1 Å². The Bertz CT molecular complexity index is 1090. The molecule has 0 aromatic carbocycles. The minimum atomic E-state index is -3.87. The molecule has 2 aliphatic rings. The molecule has 0 saturated heterocycles. The van der Waals surface area contributed by atoms with Crippen LogP contribution in [0, 0.1) is 5.92 Å². The Balaban J connectivity index is 1.84. The molecule has 31 heavy (non-hydrogen) atoms. The molecule has 1 aromatic heterocycles. The Morgan fingerprint density at radius 3 is 2.97 bits per heavy atom. The van der Waals surface area contributed by atoms with E-state index in [1.807, 2.05) is 0 Å². The predicted octanol–water partition coefficient (Wildman–Crippen LogP) is 1.37. The summed E-state index contributed by atoms with van der Waals surface area (Å²) in [4.78, 5) is 20.8. The van der Waals surface area contributed by atoms with Gasteiger partial charge in [-0.3, -0.25) is 14.1 Å². The van der Waals surface area contributed by atoms with E-state index in [4.69, 9.17) is 22.1 Å². The van der Waals surface area contributed by atoms with Gasteiger partial charge in [0.2, 0.25) is 5.90 Å². The number of aromatic nitrogens is 2. The first kappa shape index (κ1) is 23.2. The van der Waals surface area contributed by atoms with Crippen LogP contribution in [0.15, 0.2) is 51.4 Å². The van der Waals surface area contributed by atoms with Crippen LogP contribution in [0.5, 0.6) is 0 Å². The lowest BCUT2D eigenvalue weighted by Gasteiger charge is -2.27. The van der Waals surface area contributed by atoms with Gasteiger partial charge in [0.15, 0.2) is 0 Å². The Kier molecular flexibility index (Phi) is 7.34. The van der Waals surface area contributed by atoms with Crippen molar-refractivity contribution in [3.05, 3.63) is 57.8 Å². The van der Waals surface area contributed by atoms with Gasteiger partial charge in [0.05, 0.1) is 23.9 Å². The lowest BCUT2D eigenvalue weighted by molar-refractivity contribution is 0.382. The van der Waals surface area contributed by atoms with Crippen molar-refractivity contribution in [1.29, 1.82) is 0 Å². The van der Waals surface area contributed by atoms with Gasteiger partial charge < -0.3 is 10.5 Å². The van der Waals surface area contributed by atoms with Gasteiger partial charge in [-0.2, -0.15) is 0 Å². The molecule has 3 unspecified atom stereocenters. The van der Waals surface area contributed by atoms with E-state index >= 15 is 0 Å². The molecular formula is C20H26ClN5O4S. The van der Waals surface area contributed by atoms with E-state index in [0.29, 0.717) is 18.7 Å². The second-order valence-corrected chi connectivity index (χ2v) is 9.53. The third kappa shape index (κ3) is 5.25. The second kappa shape index (κ2) is 9.80. The van der Waals surface area contributed by atoms with Crippen molar-refractivity contribution in [2.45, 2.75) is 37.2 Å². The van der Waals surface area contributed by atoms with Crippen molar-refractivity contribution < 1.29 is 13.2 Å². The number of methoxy groups -OCH3 is 1. The molecule has 3 atom stereocenters. The summed E-state index contributed by atoms with van der Waals surface area (Å²) >= 11 is 6.23. The molecule has 0 fully saturated rings. The van der Waals surface area contributed by atoms with Gasteiger partial charge in [-0.05, 0) is 31.4 Å². The lowest BCUT2D eigenvalue weighted by Crippen LogP contribution is -2.42. The van der Waals surface area contributed by atoms with Gasteiger partial charge in [0.25, 0.3) is 15.6 Å². The summed E-state index contributed by atoms with van der Waals surface area (Å²) in [5.74, 6) is 0.232. The number of nitrogens with one attached hydrogen (secondary N) is 1. The minimum absolute atomic E-state index is 0.153. The number of hydrogen-bond acceptors (Lipinski definition) is 7. The van der Waals surface area contributed by atoms with Crippen molar-refractivity contribution in [2.75, 3.05) is 13.7 Å². The number of halogens is 1. The number of nitrogens with two attached hydrogens (primary N) is 1. The molecule has 9 nitrogen and oxygen atoms in total. The van der Waals surface area contributed by atoms with E-state index in [1.54, 1.807) is 12.2 Å². The molecule has 0 bridgehead atoms. The monoisotopic (exact) mass is 467 g/mol. The molecule has 3 rings (SSSR count). The number of nitrogens with zero attached hydrogens (tertiary/aromatic N) is 3. The van der Waals surface area contributed by atoms with Crippen LogP contribution in [0.4, 0.5) is 0 Å². The van der Waals surface area contributed by atoms with Gasteiger partial charge in [-0.15, -0.1) is 11.6 Å². The lowest BCUT2D eigenvalue weighted by atomic mass is 9.97. The van der Waals surface area contributed by atoms with Gasteiger partial charge in [-0.25, -0.2) is 18.4 Å². The molecule has 1 aliphatic carbocycles. The molecule has 1 aromatic rings. The fourth-order valence-electron chi connectivity index (χ4n) is 3.56. The maximum atomic E-state index is 12.9. The van der Waals surface area contributed by atoms with Crippen LogP contribution in [-0.4, -0.2) is 48.9 Å². The highest BCUT2D eigenvalue weighted by atomic mass is 35.5. The first-order chi connectivity index (χ1) is 14.8. The van der Waals surface area contributed by atoms with Crippen molar-refractivity contribution in [3.8, 4) is 0 Å². The maximum Gasteiger partial charge on any atom is 0.259 e. The van der Waals surface area contributed by atoms with Crippen molar-refractivity contribution in [2.24, 2.45) is 16.6 Å². The van der Waals surface area contributed by atoms with Crippen LogP contribution in [0.1, 0.15) is 25.1 Å². The van der Waals surface area contributed by atoms with Gasteiger partial charge in [0.1, 0.15) is 11.5 Å². The molecule has 168 valence electrons. The SMILES string of the molecule is C=Cc1nccc(=O)n1CC(N)C1C=C(NS(=O)(=O)C2=CCCCC2Cl)C(OC)=NC1. The number of sulfonamides is 1. The third-order valence-corrected chi connectivity index (χ3v) is 7.36. The molecular weight excluding hydrogens is 442 g/mol. The zero-order valence-corrected chi connectivity index (χ0v) is 18.8. The molecule has 0 spiro atoms. The number of dihydropyridines is 1. The fraction of sp³-hybridized carbons (Fsp3) is 0.450. The number of alkyl halides is 1. The van der Waals surface area contributed by atoms with Crippen molar-refractivity contribution in [1.82, 2.24) is 14.3 Å². The van der Waals surface area contributed by atoms with E-state index in [0.717, 1.165) is 6.42 Å². The summed E-state index contributed by atoms with van der Waals surface area (Å²) in [6, 6.07) is 0.814. The Labute approximate surface area is 186 Å². The van der Waals surface area contributed by atoms with E-state index in [2.05, 4.69) is 21.3 Å². The maximum absolute atomic E-state index is 12.9. The summed E-state index contributed by atoms with van der Waals surface area (Å²) in [6.45, 7) is 4.13. The number of aliphatic imine (C=N–C) groups is 1. The average Bonchev–Trinajstić information content (AvgIpc) is 2.75. The zero-order valence-electron chi connectivity index (χ0n) is 17.2. The number of ether oxygens (including phenoxy) is 1. The summed E-state index contributed by atoms with van der Waals surface area (Å²) in [5, 5.41) is -0.578. The summed E-state index contributed by atoms with van der Waals surface area (Å²) in [7, 11) is -2.46. The first-order valence-electron chi connectivity index (χ1n) is 9.88. The normalized spacial score (nSPS) is 22.6. The number of rotatable bonds is 7. The quantitative estimate of drug-likeness (QED) is 0.582. The summed E-state index contributed by atoms with van der Waals surface area (Å²) in [6.07, 6.45) is 8.30. The van der Waals surface area contributed by atoms with Gasteiger partial charge in [0, 0.05) is 30.8 Å². The Morgan fingerprint density at radius 1 is 1.52 bits per heavy atom. The van der Waals surface area contributed by atoms with Crippen molar-refractivity contribution in [3.63, 3.8) is 0 Å². The zero-order chi connectivity index (χ0) is 22.6. The summed E-state index contributed by atoms with van der Waals surface area (Å²) in [5.41, 5.74) is 6.32. The van der Waals surface area contributed by atoms with E-state index < -0.39 is 21.4 Å². The third-order valence-electron chi connectivity index (χ3n) is 5.21. The standard InChI is InChI=1S/C20H26ClN5O4S/c1-3-18-23-9-8-19(27)26(18)12-15(22)13-10-16(20(30-2)24-11-13)25-31(28,29)17-7-5-4-6-14(17)21/h3,7-10,13-15,25H,1,4-6,11-12,22H2,2H3. The van der Waals surface area contributed by atoms with Crippen LogP contribution >= 0.6 is 11.6 Å². The van der Waals surface area contributed by atoms with Gasteiger partial charge >= 0.3 is 0 Å². The highest BCUT2D eigenvalue weighted by molar-refractivity contribution is 7.93. The number of allylic oxidation sites excluding steroid dienone is 2. The highest BCUT2D eigenvalue weighted by Crippen LogP contribution is 2.28. The van der Waals surface area contributed by atoms with Gasteiger partial charge in [-0.1, -0.05) is 12.7 Å². The molecule has 1 aliphatic heterocycles. The molecule has 2 heterocycles. The van der Waals surface area contributed by atoms with E-state index in [9.17, 15) is 13.2 Å². The van der Waals surface area contributed by atoms with Crippen LogP contribution in [-0.2, 0) is 21.3 Å². The van der Waals surface area contributed by atoms with Crippen LogP contribution in [0.2, 0.25) is 0 Å². The summed E-state index contributed by atoms with van der Waals surface area (Å²) < 4.78 is 35.0. The highest BCUT2D eigenvalue weighted by Gasteiger charge is 2.31. The Hall–Kier alpha value is -2.43. The fourth-order valence-corrected chi connectivity index (χ4v) is 5.51. The second-order valence-electron chi connectivity index (χ2n) is 7.32. The van der Waals surface area contributed by atoms with Crippen LogP contribution in [0.3, 0.4) is 0 Å². The van der Waals surface area contributed by atoms with E-state index in [1.165, 1.54) is 30.0 Å². The van der Waals surface area contributed by atoms with Crippen molar-refractivity contribution >= 4 is 33.6 Å². The molecule has 11 heteroatoms.